The summed E-state index contributed by atoms with van der Waals surface area (Å²) in [6.45, 7) is 0.669. The van der Waals surface area contributed by atoms with Gasteiger partial charge in [-0.2, -0.15) is 5.26 Å². The second-order valence-electron chi connectivity index (χ2n) is 5.83. The highest BCUT2D eigenvalue weighted by Crippen LogP contribution is 2.43. The minimum absolute atomic E-state index is 0.0166. The molecule has 2 fully saturated rings. The summed E-state index contributed by atoms with van der Waals surface area (Å²) in [5.41, 5.74) is 0.918. The summed E-state index contributed by atoms with van der Waals surface area (Å²) in [5.74, 6) is 2.16. The van der Waals surface area contributed by atoms with Crippen molar-refractivity contribution in [2.75, 3.05) is 26.5 Å². The van der Waals surface area contributed by atoms with Crippen molar-refractivity contribution in [2.24, 2.45) is 0 Å². The molecule has 6 nitrogen and oxygen atoms in total. The second-order valence-corrected chi connectivity index (χ2v) is 6.97. The molecule has 1 N–H and O–H groups in total. The van der Waals surface area contributed by atoms with Crippen LogP contribution in [0.3, 0.4) is 0 Å². The number of carbonyl (C=O) groups is 1. The van der Waals surface area contributed by atoms with Gasteiger partial charge in [0.15, 0.2) is 0 Å². The third-order valence-electron chi connectivity index (χ3n) is 4.49. The van der Waals surface area contributed by atoms with E-state index < -0.39 is 0 Å². The van der Waals surface area contributed by atoms with Gasteiger partial charge < -0.3 is 14.4 Å². The molecule has 1 unspecified atom stereocenters. The molecule has 0 aliphatic carbocycles. The van der Waals surface area contributed by atoms with Crippen molar-refractivity contribution in [3.05, 3.63) is 23.8 Å². The molecule has 2 saturated heterocycles. The number of rotatable bonds is 4. The third-order valence-corrected chi connectivity index (χ3v) is 5.72. The summed E-state index contributed by atoms with van der Waals surface area (Å²) < 4.78 is 10.9. The van der Waals surface area contributed by atoms with E-state index in [4.69, 9.17) is 9.47 Å². The smallest absolute Gasteiger partial charge is 0.241 e. The Hall–Kier alpha value is -1.91. The zero-order valence-corrected chi connectivity index (χ0v) is 14.6. The highest BCUT2D eigenvalue weighted by molar-refractivity contribution is 7.99. The molecule has 2 heterocycles. The van der Waals surface area contributed by atoms with Crippen molar-refractivity contribution in [1.82, 2.24) is 10.2 Å². The normalized spacial score (nSPS) is 26.2. The minimum Gasteiger partial charge on any atom is -0.496 e. The largest absolute Gasteiger partial charge is 0.496 e. The number of likely N-dealkylation sites (tertiary alicyclic amines) is 1. The Balaban J connectivity index is 1.77. The van der Waals surface area contributed by atoms with Crippen molar-refractivity contribution in [3.63, 3.8) is 0 Å². The summed E-state index contributed by atoms with van der Waals surface area (Å²) >= 11 is 1.66. The van der Waals surface area contributed by atoms with Crippen LogP contribution in [-0.2, 0) is 4.79 Å². The lowest BCUT2D eigenvalue weighted by Crippen LogP contribution is -2.46. The van der Waals surface area contributed by atoms with Crippen LogP contribution in [0.15, 0.2) is 18.2 Å². The Bertz CT molecular complexity index is 639. The van der Waals surface area contributed by atoms with Crippen LogP contribution in [0.1, 0.15) is 23.8 Å². The van der Waals surface area contributed by atoms with E-state index in [1.54, 1.807) is 30.9 Å². The fourth-order valence-electron chi connectivity index (χ4n) is 3.28. The first kappa shape index (κ1) is 16.9. The van der Waals surface area contributed by atoms with Crippen LogP contribution >= 0.6 is 11.8 Å². The number of amides is 1. The highest BCUT2D eigenvalue weighted by Gasteiger charge is 2.39. The molecule has 0 aromatic heterocycles. The molecular weight excluding hydrogens is 326 g/mol. The lowest BCUT2D eigenvalue weighted by atomic mass is 10.1. The molecule has 128 valence electrons. The summed E-state index contributed by atoms with van der Waals surface area (Å²) in [6.07, 6.45) is 1.67. The van der Waals surface area contributed by atoms with Crippen molar-refractivity contribution in [3.8, 4) is 17.6 Å². The van der Waals surface area contributed by atoms with Gasteiger partial charge in [0.05, 0.1) is 37.3 Å². The number of hydrogen-bond acceptors (Lipinski definition) is 6. The van der Waals surface area contributed by atoms with Gasteiger partial charge in [0.2, 0.25) is 5.91 Å². The molecule has 0 bridgehead atoms. The third kappa shape index (κ3) is 3.04. The van der Waals surface area contributed by atoms with Crippen LogP contribution in [-0.4, -0.2) is 49.4 Å². The number of methoxy groups -OCH3 is 2. The van der Waals surface area contributed by atoms with Crippen molar-refractivity contribution < 1.29 is 14.3 Å². The second kappa shape index (κ2) is 7.32. The maximum Gasteiger partial charge on any atom is 0.241 e. The lowest BCUT2D eigenvalue weighted by molar-refractivity contribution is -0.132. The average Bonchev–Trinajstić information content (AvgIpc) is 3.29. The van der Waals surface area contributed by atoms with Crippen molar-refractivity contribution >= 4 is 17.7 Å². The van der Waals surface area contributed by atoms with Gasteiger partial charge >= 0.3 is 0 Å². The molecule has 0 spiro atoms. The number of hydrogen-bond donors (Lipinski definition) is 1. The maximum atomic E-state index is 12.7. The van der Waals surface area contributed by atoms with Crippen LogP contribution < -0.4 is 14.8 Å². The Morgan fingerprint density at radius 3 is 2.71 bits per heavy atom. The first-order chi connectivity index (χ1) is 11.7. The van der Waals surface area contributed by atoms with Gasteiger partial charge in [-0.05, 0) is 25.0 Å². The van der Waals surface area contributed by atoms with Crippen LogP contribution in [0, 0.1) is 11.3 Å². The van der Waals surface area contributed by atoms with Crippen LogP contribution in [0.25, 0.3) is 0 Å². The molecule has 0 radical (unpaired) electrons. The van der Waals surface area contributed by atoms with Gasteiger partial charge in [0.1, 0.15) is 17.5 Å². The Kier molecular flexibility index (Phi) is 5.17. The number of carbonyl (C=O) groups excluding carboxylic acids is 1. The van der Waals surface area contributed by atoms with E-state index in [-0.39, 0.29) is 23.4 Å². The van der Waals surface area contributed by atoms with E-state index in [0.717, 1.165) is 29.9 Å². The predicted octanol–water partition coefficient (Wildman–Crippen LogP) is 1.92. The van der Waals surface area contributed by atoms with Crippen LogP contribution in [0.2, 0.25) is 0 Å². The highest BCUT2D eigenvalue weighted by atomic mass is 32.2. The van der Waals surface area contributed by atoms with E-state index in [1.165, 1.54) is 0 Å². The van der Waals surface area contributed by atoms with Crippen LogP contribution in [0.4, 0.5) is 0 Å². The van der Waals surface area contributed by atoms with Crippen molar-refractivity contribution in [1.29, 1.82) is 5.26 Å². The molecule has 3 rings (SSSR count). The molecule has 3 atom stereocenters. The number of thioether (sulfide) groups is 1. The van der Waals surface area contributed by atoms with Gasteiger partial charge in [0.25, 0.3) is 0 Å². The maximum absolute atomic E-state index is 12.7. The number of nitrogens with zero attached hydrogens (tertiary/aromatic N) is 2. The SMILES string of the molecule is COc1cccc(OC)c1C1N[C@H](C(=O)N2CCC[C@H]2C#N)CS1. The number of nitriles is 1. The first-order valence-electron chi connectivity index (χ1n) is 7.98. The summed E-state index contributed by atoms with van der Waals surface area (Å²) in [5, 5.41) is 12.5. The molecule has 7 heteroatoms. The number of ether oxygens (including phenoxy) is 2. The molecule has 1 aromatic rings. The standard InChI is InChI=1S/C17H21N3O3S/c1-22-13-6-3-7-14(23-2)15(13)16-19-12(10-24-16)17(21)20-8-4-5-11(20)9-18/h3,6-7,11-12,16,19H,4-5,8,10H2,1-2H3/t11-,12-,16?/m0/s1. The number of benzene rings is 1. The zero-order chi connectivity index (χ0) is 17.1. The topological polar surface area (TPSA) is 74.6 Å². The van der Waals surface area contributed by atoms with E-state index >= 15 is 0 Å². The Labute approximate surface area is 146 Å². The van der Waals surface area contributed by atoms with E-state index in [1.807, 2.05) is 18.2 Å². The molecule has 24 heavy (non-hydrogen) atoms. The molecule has 1 aromatic carbocycles. The molecular formula is C17H21N3O3S. The van der Waals surface area contributed by atoms with Gasteiger partial charge in [-0.3, -0.25) is 10.1 Å². The molecule has 2 aliphatic heterocycles. The first-order valence-corrected chi connectivity index (χ1v) is 9.03. The summed E-state index contributed by atoms with van der Waals surface area (Å²) in [6, 6.07) is 7.31. The van der Waals surface area contributed by atoms with Gasteiger partial charge in [-0.15, -0.1) is 11.8 Å². The minimum atomic E-state index is -0.288. The fraction of sp³-hybridized carbons (Fsp3) is 0.529. The monoisotopic (exact) mass is 347 g/mol. The summed E-state index contributed by atoms with van der Waals surface area (Å²) in [7, 11) is 3.25. The molecule has 1 amide bonds. The summed E-state index contributed by atoms with van der Waals surface area (Å²) in [4.78, 5) is 14.4. The van der Waals surface area contributed by atoms with E-state index in [0.29, 0.717) is 12.3 Å². The van der Waals surface area contributed by atoms with Crippen molar-refractivity contribution in [2.45, 2.75) is 30.3 Å². The molecule has 0 saturated carbocycles. The zero-order valence-electron chi connectivity index (χ0n) is 13.8. The Morgan fingerprint density at radius 1 is 1.38 bits per heavy atom. The van der Waals surface area contributed by atoms with E-state index in [2.05, 4.69) is 11.4 Å². The predicted molar refractivity (Wildman–Crippen MR) is 92.0 cm³/mol. The average molecular weight is 347 g/mol. The van der Waals surface area contributed by atoms with Gasteiger partial charge in [0, 0.05) is 12.3 Å². The molecule has 2 aliphatic rings. The Morgan fingerprint density at radius 2 is 2.08 bits per heavy atom. The van der Waals surface area contributed by atoms with E-state index in [9.17, 15) is 10.1 Å². The van der Waals surface area contributed by atoms with Gasteiger partial charge in [-0.1, -0.05) is 6.07 Å². The lowest BCUT2D eigenvalue weighted by Gasteiger charge is -2.24. The number of nitrogens with one attached hydrogen (secondary N) is 1. The fourth-order valence-corrected chi connectivity index (χ4v) is 4.57. The van der Waals surface area contributed by atoms with Gasteiger partial charge in [-0.25, -0.2) is 0 Å². The van der Waals surface area contributed by atoms with Crippen LogP contribution in [0.5, 0.6) is 11.5 Å². The quantitative estimate of drug-likeness (QED) is 0.897.